The van der Waals surface area contributed by atoms with E-state index in [0.717, 1.165) is 5.56 Å². The van der Waals surface area contributed by atoms with E-state index in [1.54, 1.807) is 24.3 Å². The van der Waals surface area contributed by atoms with Crippen LogP contribution in [-0.4, -0.2) is 35.3 Å². The predicted molar refractivity (Wildman–Crippen MR) is 71.8 cm³/mol. The quantitative estimate of drug-likeness (QED) is 0.336. The molecule has 1 atom stereocenters. The van der Waals surface area contributed by atoms with Gasteiger partial charge in [0.05, 0.1) is 12.5 Å². The summed E-state index contributed by atoms with van der Waals surface area (Å²) in [6, 6.07) is 6.87. The van der Waals surface area contributed by atoms with Gasteiger partial charge in [-0.15, -0.1) is 0 Å². The molecule has 1 aromatic rings. The first-order valence-electron chi connectivity index (χ1n) is 6.24. The highest BCUT2D eigenvalue weighted by Gasteiger charge is 2.16. The van der Waals surface area contributed by atoms with Crippen molar-refractivity contribution in [3.63, 3.8) is 0 Å². The highest BCUT2D eigenvalue weighted by atomic mass is 16.5. The molecule has 0 fully saturated rings. The minimum atomic E-state index is -0.750. The fourth-order valence-corrected chi connectivity index (χ4v) is 1.65. The number of hydrogen-bond acceptors (Lipinski definition) is 5. The molecule has 110 valence electrons. The first kappa shape index (κ1) is 16.1. The number of amides is 2. The van der Waals surface area contributed by atoms with Gasteiger partial charge in [0.15, 0.2) is 0 Å². The van der Waals surface area contributed by atoms with E-state index in [4.69, 9.17) is 16.0 Å². The van der Waals surface area contributed by atoms with Crippen molar-refractivity contribution in [3.8, 4) is 0 Å². The van der Waals surface area contributed by atoms with Crippen LogP contribution in [0.15, 0.2) is 24.3 Å². The molecule has 6 N–H and O–H groups in total. The average Bonchev–Trinajstić information content (AvgIpc) is 2.50. The van der Waals surface area contributed by atoms with Gasteiger partial charge in [-0.3, -0.25) is 14.8 Å². The molecule has 0 saturated heterocycles. The molecule has 7 nitrogen and oxygen atoms in total. The minimum Gasteiger partial charge on any atom is -0.396 e. The molecule has 1 rings (SSSR count). The van der Waals surface area contributed by atoms with Gasteiger partial charge >= 0.3 is 0 Å². The number of carbonyl (C=O) groups is 2. The van der Waals surface area contributed by atoms with E-state index in [9.17, 15) is 9.59 Å². The molecule has 0 saturated carbocycles. The van der Waals surface area contributed by atoms with Gasteiger partial charge in [-0.1, -0.05) is 12.1 Å². The van der Waals surface area contributed by atoms with Crippen molar-refractivity contribution in [3.05, 3.63) is 35.4 Å². The smallest absolute Gasteiger partial charge is 0.251 e. The second kappa shape index (κ2) is 8.26. The Labute approximate surface area is 116 Å². The lowest BCUT2D eigenvalue weighted by atomic mass is 10.1. The van der Waals surface area contributed by atoms with Crippen molar-refractivity contribution in [2.45, 2.75) is 13.0 Å². The summed E-state index contributed by atoms with van der Waals surface area (Å²) in [6.07, 6.45) is 0.232. The monoisotopic (exact) mass is 281 g/mol. The Morgan fingerprint density at radius 3 is 2.40 bits per heavy atom. The van der Waals surface area contributed by atoms with E-state index in [1.165, 1.54) is 5.48 Å². The van der Waals surface area contributed by atoms with Crippen LogP contribution in [0.1, 0.15) is 22.3 Å². The number of nitrogens with one attached hydrogen (secondary N) is 2. The zero-order valence-corrected chi connectivity index (χ0v) is 11.0. The Morgan fingerprint density at radius 1 is 1.25 bits per heavy atom. The summed E-state index contributed by atoms with van der Waals surface area (Å²) in [6.45, 7) is 0.236. The number of hydrogen-bond donors (Lipinski definition) is 5. The molecule has 2 amide bonds. The van der Waals surface area contributed by atoms with E-state index >= 15 is 0 Å². The second-order valence-electron chi connectivity index (χ2n) is 4.30. The molecule has 7 heteroatoms. The van der Waals surface area contributed by atoms with Crippen LogP contribution >= 0.6 is 0 Å². The van der Waals surface area contributed by atoms with E-state index in [-0.39, 0.29) is 18.9 Å². The van der Waals surface area contributed by atoms with E-state index in [0.29, 0.717) is 12.1 Å². The van der Waals surface area contributed by atoms with Crippen molar-refractivity contribution in [1.29, 1.82) is 0 Å². The van der Waals surface area contributed by atoms with Gasteiger partial charge in [0.2, 0.25) is 5.91 Å². The van der Waals surface area contributed by atoms with Gasteiger partial charge in [0.25, 0.3) is 5.91 Å². The Kier molecular flexibility index (Phi) is 6.65. The highest BCUT2D eigenvalue weighted by Crippen LogP contribution is 2.05. The molecule has 0 radical (unpaired) electrons. The van der Waals surface area contributed by atoms with Crippen LogP contribution in [0.5, 0.6) is 0 Å². The molecule has 0 aliphatic heterocycles. The van der Waals surface area contributed by atoms with Crippen molar-refractivity contribution in [1.82, 2.24) is 10.8 Å². The van der Waals surface area contributed by atoms with Crippen LogP contribution in [0.4, 0.5) is 0 Å². The van der Waals surface area contributed by atoms with Crippen LogP contribution in [0, 0.1) is 5.92 Å². The third kappa shape index (κ3) is 4.61. The number of hydroxylamine groups is 1. The van der Waals surface area contributed by atoms with E-state index in [2.05, 4.69) is 5.32 Å². The first-order valence-corrected chi connectivity index (χ1v) is 6.24. The predicted octanol–water partition coefficient (Wildman–Crippen LogP) is -0.621. The fraction of sp³-hybridized carbons (Fsp3) is 0.385. The van der Waals surface area contributed by atoms with Crippen molar-refractivity contribution in [2.24, 2.45) is 11.7 Å². The SMILES string of the molecule is NCc1ccc(C(=O)NCCC(CO)C(=O)NO)cc1. The summed E-state index contributed by atoms with van der Waals surface area (Å²) in [4.78, 5) is 22.9. The Balaban J connectivity index is 2.44. The molecular formula is C13H19N3O4. The maximum atomic E-state index is 11.8. The van der Waals surface area contributed by atoms with Crippen LogP contribution in [0.25, 0.3) is 0 Å². The molecule has 0 aliphatic rings. The number of nitrogens with two attached hydrogens (primary N) is 1. The van der Waals surface area contributed by atoms with Gasteiger partial charge in [-0.2, -0.15) is 0 Å². The lowest BCUT2D eigenvalue weighted by Crippen LogP contribution is -2.34. The Morgan fingerprint density at radius 2 is 1.90 bits per heavy atom. The number of rotatable bonds is 7. The van der Waals surface area contributed by atoms with Crippen LogP contribution < -0.4 is 16.5 Å². The summed E-state index contributed by atoms with van der Waals surface area (Å²) in [7, 11) is 0. The largest absolute Gasteiger partial charge is 0.396 e. The molecular weight excluding hydrogens is 262 g/mol. The minimum absolute atomic E-state index is 0.218. The van der Waals surface area contributed by atoms with Crippen molar-refractivity contribution < 1.29 is 19.9 Å². The molecule has 0 spiro atoms. The molecule has 0 bridgehead atoms. The Bertz CT molecular complexity index is 447. The molecule has 1 unspecified atom stereocenters. The third-order valence-electron chi connectivity index (χ3n) is 2.93. The van der Waals surface area contributed by atoms with E-state index < -0.39 is 18.4 Å². The normalized spacial score (nSPS) is 11.8. The summed E-state index contributed by atoms with van der Waals surface area (Å²) in [5, 5.41) is 20.1. The first-order chi connectivity index (χ1) is 9.62. The maximum absolute atomic E-state index is 11.8. The maximum Gasteiger partial charge on any atom is 0.251 e. The molecule has 0 heterocycles. The summed E-state index contributed by atoms with van der Waals surface area (Å²) in [5.41, 5.74) is 8.37. The second-order valence-corrected chi connectivity index (χ2v) is 4.30. The summed E-state index contributed by atoms with van der Waals surface area (Å²) >= 11 is 0. The van der Waals surface area contributed by atoms with Crippen LogP contribution in [-0.2, 0) is 11.3 Å². The van der Waals surface area contributed by atoms with Crippen molar-refractivity contribution in [2.75, 3.05) is 13.2 Å². The number of benzene rings is 1. The zero-order valence-electron chi connectivity index (χ0n) is 11.0. The number of carbonyl (C=O) groups excluding carboxylic acids is 2. The molecule has 0 aliphatic carbocycles. The van der Waals surface area contributed by atoms with Gasteiger partial charge in [0, 0.05) is 18.7 Å². The number of aliphatic hydroxyl groups is 1. The van der Waals surface area contributed by atoms with Gasteiger partial charge in [-0.25, -0.2) is 5.48 Å². The van der Waals surface area contributed by atoms with Gasteiger partial charge in [0.1, 0.15) is 0 Å². The lowest BCUT2D eigenvalue weighted by molar-refractivity contribution is -0.134. The van der Waals surface area contributed by atoms with Crippen LogP contribution in [0.3, 0.4) is 0 Å². The third-order valence-corrected chi connectivity index (χ3v) is 2.93. The summed E-state index contributed by atoms with van der Waals surface area (Å²) < 4.78 is 0. The molecule has 20 heavy (non-hydrogen) atoms. The zero-order chi connectivity index (χ0) is 15.0. The lowest BCUT2D eigenvalue weighted by Gasteiger charge is -2.12. The Hall–Kier alpha value is -1.96. The van der Waals surface area contributed by atoms with E-state index in [1.807, 2.05) is 0 Å². The average molecular weight is 281 g/mol. The highest BCUT2D eigenvalue weighted by molar-refractivity contribution is 5.94. The van der Waals surface area contributed by atoms with Gasteiger partial charge in [-0.05, 0) is 24.1 Å². The summed E-state index contributed by atoms with van der Waals surface area (Å²) in [5.74, 6) is -1.69. The van der Waals surface area contributed by atoms with Gasteiger partial charge < -0.3 is 16.2 Å². The van der Waals surface area contributed by atoms with Crippen LogP contribution in [0.2, 0.25) is 0 Å². The topological polar surface area (TPSA) is 125 Å². The molecule has 0 aromatic heterocycles. The van der Waals surface area contributed by atoms with Crippen molar-refractivity contribution >= 4 is 11.8 Å². The fourth-order valence-electron chi connectivity index (χ4n) is 1.65. The number of aliphatic hydroxyl groups excluding tert-OH is 1. The molecule has 1 aromatic carbocycles. The standard InChI is InChI=1S/C13H19N3O4/c14-7-9-1-3-10(4-2-9)12(18)15-6-5-11(8-17)13(19)16-20/h1-4,11,17,20H,5-8,14H2,(H,15,18)(H,16,19).